The van der Waals surface area contributed by atoms with Crippen molar-refractivity contribution in [3.63, 3.8) is 0 Å². The topological polar surface area (TPSA) is 12.9 Å². The average Bonchev–Trinajstić information content (AvgIpc) is 3.48. The number of pyridine rings is 1. The number of hydrogen-bond donors (Lipinski definition) is 0. The Morgan fingerprint density at radius 3 is 1.49 bits per heavy atom. The van der Waals surface area contributed by atoms with Crippen LogP contribution in [-0.2, 0) is 0 Å². The molecule has 0 aliphatic carbocycles. The van der Waals surface area contributed by atoms with Gasteiger partial charge in [0, 0.05) is 38.1 Å². The minimum Gasteiger partial charge on any atom is -0.264 e. The maximum Gasteiger partial charge on any atom is 0.0434 e. The van der Waals surface area contributed by atoms with Gasteiger partial charge in [-0.3, -0.25) is 4.98 Å². The zero-order chi connectivity index (χ0) is 28.6. The highest BCUT2D eigenvalue weighted by atomic mass is 32.1. The zero-order valence-corrected chi connectivity index (χ0v) is 24.3. The van der Waals surface area contributed by atoms with E-state index in [0.717, 1.165) is 11.1 Å². The van der Waals surface area contributed by atoms with Crippen LogP contribution in [0.4, 0.5) is 0 Å². The van der Waals surface area contributed by atoms with Gasteiger partial charge in [0.05, 0.1) is 0 Å². The van der Waals surface area contributed by atoms with E-state index in [1.165, 1.54) is 64.7 Å². The molecule has 0 saturated heterocycles. The van der Waals surface area contributed by atoms with Crippen LogP contribution < -0.4 is 0 Å². The fourth-order valence-electron chi connectivity index (χ4n) is 6.05. The van der Waals surface area contributed by atoms with Crippen LogP contribution in [-0.4, -0.2) is 4.98 Å². The first-order chi connectivity index (χ1) is 21.3. The van der Waals surface area contributed by atoms with E-state index < -0.39 is 0 Å². The number of fused-ring (bicyclic) bond motifs is 3. The van der Waals surface area contributed by atoms with Crippen LogP contribution in [0.5, 0.6) is 0 Å². The van der Waals surface area contributed by atoms with E-state index in [2.05, 4.69) is 151 Å². The summed E-state index contributed by atoms with van der Waals surface area (Å²) in [6, 6.07) is 54.8. The Labute approximate surface area is 255 Å². The number of aromatic nitrogens is 1. The van der Waals surface area contributed by atoms with Crippen molar-refractivity contribution < 1.29 is 0 Å². The summed E-state index contributed by atoms with van der Waals surface area (Å²) in [6.07, 6.45) is 3.75. The summed E-state index contributed by atoms with van der Waals surface area (Å²) >= 11 is 1.90. The predicted octanol–water partition coefficient (Wildman–Crippen LogP) is 11.8. The van der Waals surface area contributed by atoms with Crippen molar-refractivity contribution >= 4 is 31.5 Å². The van der Waals surface area contributed by atoms with Crippen molar-refractivity contribution in [2.45, 2.75) is 0 Å². The minimum absolute atomic E-state index is 1.12. The molecular weight excluding hydrogens is 539 g/mol. The molecule has 0 N–H and O–H groups in total. The normalized spacial score (nSPS) is 11.3. The van der Waals surface area contributed by atoms with E-state index in [4.69, 9.17) is 0 Å². The second-order valence-corrected chi connectivity index (χ2v) is 11.8. The summed E-state index contributed by atoms with van der Waals surface area (Å²) in [6.45, 7) is 0. The molecule has 0 unspecified atom stereocenters. The molecule has 0 atom stereocenters. The van der Waals surface area contributed by atoms with Gasteiger partial charge in [-0.05, 0) is 80.4 Å². The van der Waals surface area contributed by atoms with Gasteiger partial charge in [-0.15, -0.1) is 11.3 Å². The molecule has 0 aliphatic rings. The lowest BCUT2D eigenvalue weighted by molar-refractivity contribution is 1.33. The Morgan fingerprint density at radius 1 is 0.349 bits per heavy atom. The third kappa shape index (κ3) is 4.72. The highest BCUT2D eigenvalue weighted by Crippen LogP contribution is 2.45. The highest BCUT2D eigenvalue weighted by Gasteiger charge is 2.15. The smallest absolute Gasteiger partial charge is 0.0434 e. The Morgan fingerprint density at radius 2 is 0.837 bits per heavy atom. The van der Waals surface area contributed by atoms with Gasteiger partial charge >= 0.3 is 0 Å². The Balaban J connectivity index is 1.34. The summed E-state index contributed by atoms with van der Waals surface area (Å²) in [7, 11) is 0. The Kier molecular flexibility index (Phi) is 6.40. The number of benzene rings is 6. The molecule has 0 bridgehead atoms. The molecule has 0 aliphatic heterocycles. The summed E-state index contributed by atoms with van der Waals surface area (Å²) in [5, 5.41) is 2.62. The minimum atomic E-state index is 1.12. The molecule has 202 valence electrons. The zero-order valence-electron chi connectivity index (χ0n) is 23.4. The summed E-state index contributed by atoms with van der Waals surface area (Å²) in [4.78, 5) is 4.34. The van der Waals surface area contributed by atoms with Crippen LogP contribution in [0, 0.1) is 0 Å². The average molecular weight is 566 g/mol. The summed E-state index contributed by atoms with van der Waals surface area (Å²) in [5.41, 5.74) is 12.1. The number of thiophene rings is 1. The second kappa shape index (κ2) is 10.8. The van der Waals surface area contributed by atoms with Gasteiger partial charge < -0.3 is 0 Å². The first-order valence-corrected chi connectivity index (χ1v) is 15.3. The highest BCUT2D eigenvalue weighted by molar-refractivity contribution is 7.26. The van der Waals surface area contributed by atoms with Gasteiger partial charge in [0.15, 0.2) is 0 Å². The van der Waals surface area contributed by atoms with Crippen LogP contribution in [0.2, 0.25) is 0 Å². The van der Waals surface area contributed by atoms with Gasteiger partial charge in [-0.25, -0.2) is 0 Å². The fraction of sp³-hybridized carbons (Fsp3) is 0. The van der Waals surface area contributed by atoms with E-state index in [1.807, 2.05) is 29.8 Å². The Bertz CT molecular complexity index is 2210. The standard InChI is InChI=1S/C41H27NS/c1-3-11-28(12-4-1)33-24-34(31-16-7-15-30(23-31)32-17-10-22-42-27-32)26-35(25-33)37-19-9-21-39-38-20-8-18-36(40(38)43-41(37)39)29-13-5-2-6-14-29/h1-27H. The molecule has 0 spiro atoms. The van der Waals surface area contributed by atoms with E-state index in [-0.39, 0.29) is 0 Å². The molecule has 43 heavy (non-hydrogen) atoms. The summed E-state index contributed by atoms with van der Waals surface area (Å²) < 4.78 is 2.65. The second-order valence-electron chi connectivity index (χ2n) is 10.8. The molecule has 0 amide bonds. The molecule has 2 heterocycles. The van der Waals surface area contributed by atoms with E-state index in [9.17, 15) is 0 Å². The van der Waals surface area contributed by atoms with Gasteiger partial charge in [-0.1, -0.05) is 121 Å². The fourth-order valence-corrected chi connectivity index (χ4v) is 7.42. The predicted molar refractivity (Wildman–Crippen MR) is 184 cm³/mol. The van der Waals surface area contributed by atoms with Gasteiger partial charge in [0.25, 0.3) is 0 Å². The third-order valence-corrected chi connectivity index (χ3v) is 9.44. The number of rotatable bonds is 5. The van der Waals surface area contributed by atoms with Crippen LogP contribution in [0.3, 0.4) is 0 Å². The monoisotopic (exact) mass is 565 g/mol. The van der Waals surface area contributed by atoms with E-state index in [0.29, 0.717) is 0 Å². The van der Waals surface area contributed by atoms with Crippen molar-refractivity contribution in [1.82, 2.24) is 4.98 Å². The van der Waals surface area contributed by atoms with Gasteiger partial charge in [0.2, 0.25) is 0 Å². The van der Waals surface area contributed by atoms with Gasteiger partial charge in [-0.2, -0.15) is 0 Å². The maximum absolute atomic E-state index is 4.34. The lowest BCUT2D eigenvalue weighted by Crippen LogP contribution is -1.87. The van der Waals surface area contributed by atoms with E-state index in [1.54, 1.807) is 0 Å². The Hall–Kier alpha value is -5.31. The molecule has 6 aromatic carbocycles. The maximum atomic E-state index is 4.34. The quantitative estimate of drug-likeness (QED) is 0.202. The number of nitrogens with zero attached hydrogens (tertiary/aromatic N) is 1. The van der Waals surface area contributed by atoms with Crippen LogP contribution in [0.15, 0.2) is 164 Å². The molecule has 8 rings (SSSR count). The third-order valence-electron chi connectivity index (χ3n) is 8.15. The first-order valence-electron chi connectivity index (χ1n) is 14.5. The lowest BCUT2D eigenvalue weighted by atomic mass is 9.92. The van der Waals surface area contributed by atoms with Crippen molar-refractivity contribution in [3.8, 4) is 55.6 Å². The van der Waals surface area contributed by atoms with Gasteiger partial charge in [0.1, 0.15) is 0 Å². The number of hydrogen-bond acceptors (Lipinski definition) is 2. The molecule has 0 fully saturated rings. The SMILES string of the molecule is c1ccc(-c2cc(-c3cccc(-c4cccnc4)c3)cc(-c3cccc4c3sc3c(-c5ccccc5)cccc34)c2)cc1. The summed E-state index contributed by atoms with van der Waals surface area (Å²) in [5.74, 6) is 0. The van der Waals surface area contributed by atoms with Crippen LogP contribution in [0.25, 0.3) is 75.8 Å². The molecule has 1 nitrogen and oxygen atoms in total. The molecule has 0 radical (unpaired) electrons. The largest absolute Gasteiger partial charge is 0.264 e. The molecular formula is C41H27NS. The molecule has 8 aromatic rings. The van der Waals surface area contributed by atoms with Crippen molar-refractivity contribution in [2.75, 3.05) is 0 Å². The molecule has 2 heteroatoms. The van der Waals surface area contributed by atoms with Crippen LogP contribution >= 0.6 is 11.3 Å². The van der Waals surface area contributed by atoms with Crippen molar-refractivity contribution in [3.05, 3.63) is 164 Å². The molecule has 0 saturated carbocycles. The van der Waals surface area contributed by atoms with E-state index >= 15 is 0 Å². The van der Waals surface area contributed by atoms with Crippen molar-refractivity contribution in [1.29, 1.82) is 0 Å². The lowest BCUT2D eigenvalue weighted by Gasteiger charge is -2.13. The first kappa shape index (κ1) is 25.4. The van der Waals surface area contributed by atoms with Crippen molar-refractivity contribution in [2.24, 2.45) is 0 Å². The van der Waals surface area contributed by atoms with Crippen LogP contribution in [0.1, 0.15) is 0 Å². The molecule has 2 aromatic heterocycles.